The SMILES string of the molecule is Brc1ccc2c(c1)C1(c3ccccc3-c3ccccc31)c1ccccc1-2.CC1(C)c2ccccc2-c2ccc(Cc3ccc(-c4ccccc4)cc3)cc21.CC1(C)c2ccccc2-c2ccc(N(c3ccc(-c4ccccc4)cc3)c3ccc4c(c3)C3(c5ccccc5-c5ccccc53)c3ccccc3-4)cc21. The Labute approximate surface area is 636 Å². The average Bonchev–Trinajstić information content (AvgIpc) is 1.52. The highest BCUT2D eigenvalue weighted by atomic mass is 79.9. The third kappa shape index (κ3) is 9.81. The van der Waals surface area contributed by atoms with Gasteiger partial charge in [0.05, 0.1) is 10.8 Å². The van der Waals surface area contributed by atoms with E-state index in [9.17, 15) is 0 Å². The molecule has 508 valence electrons. The maximum absolute atomic E-state index is 3.72. The lowest BCUT2D eigenvalue weighted by Crippen LogP contribution is -2.26. The van der Waals surface area contributed by atoms with Crippen molar-refractivity contribution >= 4 is 33.0 Å². The normalized spacial score (nSPS) is 14.4. The first kappa shape index (κ1) is 64.4. The lowest BCUT2D eigenvalue weighted by molar-refractivity contribution is 0.659. The number of benzene rings is 16. The van der Waals surface area contributed by atoms with Crippen LogP contribution in [0.25, 0.3) is 89.0 Å². The standard InChI is InChI=1S/C52H37N.C28H24.C25H15Br/c1-51(2)45-20-10-6-16-39(45)43-30-28-37(32-49(43)51)53(36-26-24-35(25-27-36)34-14-4-3-5-15-34)38-29-31-44-42-19-9-13-23-48(42)52(50(44)33-38)46-21-11-7-17-40(46)41-18-8-12-22-47(41)52;1-28(2)26-11-7-6-10-24(26)25-17-14-21(19-27(25)28)18-20-12-15-23(16-13-20)22-8-4-3-5-9-22;26-16-13-14-20-19-9-3-6-12-23(19)25(24(20)15-16)21-10-4-1-7-17(21)18-8-2-5-11-22(18)25/h3-33H,1-2H3;3-17,19H,18H2,1-2H3;1-15H. The minimum absolute atomic E-state index is 0.0686. The van der Waals surface area contributed by atoms with Gasteiger partial charge in [0.2, 0.25) is 0 Å². The van der Waals surface area contributed by atoms with E-state index >= 15 is 0 Å². The molecule has 0 bridgehead atoms. The van der Waals surface area contributed by atoms with Crippen LogP contribution < -0.4 is 4.90 Å². The molecule has 22 rings (SSSR count). The highest BCUT2D eigenvalue weighted by molar-refractivity contribution is 9.10. The van der Waals surface area contributed by atoms with E-state index in [2.05, 4.69) is 425 Å². The van der Waals surface area contributed by atoms with Gasteiger partial charge in [0, 0.05) is 32.4 Å². The Bertz CT molecular complexity index is 6110. The number of nitrogens with zero attached hydrogens (tertiary/aromatic N) is 1. The van der Waals surface area contributed by atoms with Crippen molar-refractivity contribution in [3.8, 4) is 89.0 Å². The predicted octanol–water partition coefficient (Wildman–Crippen LogP) is 27.5. The molecular formula is C105H76BrN. The molecule has 1 nitrogen and oxygen atoms in total. The number of anilines is 3. The van der Waals surface area contributed by atoms with Crippen LogP contribution in [0.4, 0.5) is 17.1 Å². The van der Waals surface area contributed by atoms with Crippen LogP contribution in [-0.2, 0) is 28.1 Å². The van der Waals surface area contributed by atoms with Crippen molar-refractivity contribution in [2.45, 2.75) is 55.8 Å². The number of hydrogen-bond acceptors (Lipinski definition) is 1. The van der Waals surface area contributed by atoms with Crippen LogP contribution in [0.2, 0.25) is 0 Å². The Morgan fingerprint density at radius 3 is 0.869 bits per heavy atom. The van der Waals surface area contributed by atoms with Crippen molar-refractivity contribution in [1.29, 1.82) is 0 Å². The van der Waals surface area contributed by atoms with Crippen molar-refractivity contribution < 1.29 is 0 Å². The summed E-state index contributed by atoms with van der Waals surface area (Å²) in [6.07, 6.45) is 0.967. The summed E-state index contributed by atoms with van der Waals surface area (Å²) in [5.41, 5.74) is 43.3. The fourth-order valence-electron chi connectivity index (χ4n) is 19.5. The first-order valence-electron chi connectivity index (χ1n) is 37.6. The largest absolute Gasteiger partial charge is 0.310 e. The van der Waals surface area contributed by atoms with Crippen LogP contribution in [0.3, 0.4) is 0 Å². The maximum atomic E-state index is 3.72. The summed E-state index contributed by atoms with van der Waals surface area (Å²) < 4.78 is 1.13. The molecule has 0 aromatic heterocycles. The maximum Gasteiger partial charge on any atom is 0.0726 e. The molecule has 0 unspecified atom stereocenters. The van der Waals surface area contributed by atoms with Gasteiger partial charge in [0.15, 0.2) is 0 Å². The average molecular weight is 1430 g/mol. The van der Waals surface area contributed by atoms with Gasteiger partial charge in [-0.3, -0.25) is 0 Å². The first-order chi connectivity index (χ1) is 52.5. The first-order valence-corrected chi connectivity index (χ1v) is 38.4. The van der Waals surface area contributed by atoms with Gasteiger partial charge in [0.25, 0.3) is 0 Å². The van der Waals surface area contributed by atoms with Crippen LogP contribution in [0.1, 0.15) is 106 Å². The molecule has 0 aliphatic heterocycles. The van der Waals surface area contributed by atoms with E-state index < -0.39 is 5.41 Å². The van der Waals surface area contributed by atoms with E-state index in [4.69, 9.17) is 0 Å². The van der Waals surface area contributed by atoms with E-state index in [0.29, 0.717) is 0 Å². The molecule has 0 N–H and O–H groups in total. The van der Waals surface area contributed by atoms with E-state index in [1.54, 1.807) is 0 Å². The van der Waals surface area contributed by atoms with Crippen LogP contribution in [0.15, 0.2) is 381 Å². The number of halogens is 1. The third-order valence-corrected chi connectivity index (χ3v) is 24.9. The number of fused-ring (bicyclic) bond motifs is 26. The summed E-state index contributed by atoms with van der Waals surface area (Å²) in [4.78, 5) is 2.47. The molecule has 2 spiro atoms. The van der Waals surface area contributed by atoms with Crippen molar-refractivity contribution in [3.63, 3.8) is 0 Å². The summed E-state index contributed by atoms with van der Waals surface area (Å²) in [6.45, 7) is 9.42. The Morgan fingerprint density at radius 2 is 0.467 bits per heavy atom. The Morgan fingerprint density at radius 1 is 0.206 bits per heavy atom. The van der Waals surface area contributed by atoms with Crippen LogP contribution in [0, 0.1) is 0 Å². The van der Waals surface area contributed by atoms with Gasteiger partial charge < -0.3 is 4.90 Å². The Balaban J connectivity index is 0.000000117. The smallest absolute Gasteiger partial charge is 0.0726 e. The van der Waals surface area contributed by atoms with Crippen molar-refractivity contribution in [2.24, 2.45) is 0 Å². The number of rotatable bonds is 7. The van der Waals surface area contributed by atoms with Gasteiger partial charge in [-0.05, 0) is 222 Å². The highest BCUT2D eigenvalue weighted by Gasteiger charge is 2.53. The predicted molar refractivity (Wildman–Crippen MR) is 450 cm³/mol. The molecule has 0 saturated carbocycles. The van der Waals surface area contributed by atoms with Crippen molar-refractivity contribution in [3.05, 3.63) is 458 Å². The molecule has 107 heavy (non-hydrogen) atoms. The van der Waals surface area contributed by atoms with E-state index in [1.165, 1.54) is 167 Å². The van der Waals surface area contributed by atoms with Gasteiger partial charge in [-0.25, -0.2) is 0 Å². The van der Waals surface area contributed by atoms with E-state index in [0.717, 1.165) is 28.0 Å². The van der Waals surface area contributed by atoms with E-state index in [-0.39, 0.29) is 16.2 Å². The number of hydrogen-bond donors (Lipinski definition) is 0. The molecule has 2 heteroatoms. The molecule has 0 heterocycles. The molecule has 16 aromatic rings. The van der Waals surface area contributed by atoms with Crippen LogP contribution in [0.5, 0.6) is 0 Å². The van der Waals surface area contributed by atoms with Gasteiger partial charge in [-0.15, -0.1) is 0 Å². The quantitative estimate of drug-likeness (QED) is 0.154. The summed E-state index contributed by atoms with van der Waals surface area (Å²) in [6, 6.07) is 139. The Hall–Kier alpha value is -12.2. The second-order valence-electron chi connectivity index (χ2n) is 30.6. The third-order valence-electron chi connectivity index (χ3n) is 24.4. The molecule has 0 fully saturated rings. The zero-order valence-electron chi connectivity index (χ0n) is 60.3. The van der Waals surface area contributed by atoms with Gasteiger partial charge in [-0.1, -0.05) is 371 Å². The zero-order valence-corrected chi connectivity index (χ0v) is 61.9. The molecular weight excluding hydrogens is 1360 g/mol. The molecule has 0 amide bonds. The molecule has 0 saturated heterocycles. The molecule has 6 aliphatic carbocycles. The molecule has 0 radical (unpaired) electrons. The molecule has 16 aromatic carbocycles. The van der Waals surface area contributed by atoms with Crippen LogP contribution >= 0.6 is 15.9 Å². The summed E-state index contributed by atoms with van der Waals surface area (Å²) in [5.74, 6) is 0. The lowest BCUT2D eigenvalue weighted by Gasteiger charge is -2.32. The fraction of sp³-hybridized carbons (Fsp3) is 0.0857. The Kier molecular flexibility index (Phi) is 15.0. The van der Waals surface area contributed by atoms with Crippen molar-refractivity contribution in [2.75, 3.05) is 4.90 Å². The minimum Gasteiger partial charge on any atom is -0.310 e. The summed E-state index contributed by atoms with van der Waals surface area (Å²) in [7, 11) is 0. The molecule has 0 atom stereocenters. The van der Waals surface area contributed by atoms with Crippen molar-refractivity contribution in [1.82, 2.24) is 0 Å². The zero-order chi connectivity index (χ0) is 71.8. The van der Waals surface area contributed by atoms with Gasteiger partial charge >= 0.3 is 0 Å². The van der Waals surface area contributed by atoms with Crippen LogP contribution in [-0.4, -0.2) is 0 Å². The topological polar surface area (TPSA) is 3.24 Å². The highest BCUT2D eigenvalue weighted by Crippen LogP contribution is 2.65. The summed E-state index contributed by atoms with van der Waals surface area (Å²) >= 11 is 3.72. The van der Waals surface area contributed by atoms with Gasteiger partial charge in [-0.2, -0.15) is 0 Å². The second-order valence-corrected chi connectivity index (χ2v) is 31.5. The second kappa shape index (κ2) is 25.0. The fourth-order valence-corrected chi connectivity index (χ4v) is 19.9. The monoisotopic (exact) mass is 1430 g/mol. The molecule has 6 aliphatic rings. The lowest BCUT2D eigenvalue weighted by atomic mass is 9.70. The summed E-state index contributed by atoms with van der Waals surface area (Å²) in [5, 5.41) is 0. The minimum atomic E-state index is -0.403. The van der Waals surface area contributed by atoms with Gasteiger partial charge in [0.1, 0.15) is 0 Å². The van der Waals surface area contributed by atoms with E-state index in [1.807, 2.05) is 0 Å².